The Morgan fingerprint density at radius 1 is 1.69 bits per heavy atom. The van der Waals surface area contributed by atoms with E-state index in [-0.39, 0.29) is 5.97 Å². The number of morpholine rings is 1. The minimum absolute atomic E-state index is 0.183. The van der Waals surface area contributed by atoms with Crippen LogP contribution in [0.5, 0.6) is 0 Å². The molecule has 2 unspecified atom stereocenters. The van der Waals surface area contributed by atoms with Crippen LogP contribution in [-0.2, 0) is 14.3 Å². The first-order chi connectivity index (χ1) is 6.27. The van der Waals surface area contributed by atoms with E-state index in [2.05, 4.69) is 5.32 Å². The summed E-state index contributed by atoms with van der Waals surface area (Å²) in [5.41, 5.74) is -0.546. The van der Waals surface area contributed by atoms with Gasteiger partial charge in [-0.2, -0.15) is 0 Å². The summed E-state index contributed by atoms with van der Waals surface area (Å²) >= 11 is 0. The van der Waals surface area contributed by atoms with E-state index in [1.165, 1.54) is 7.11 Å². The van der Waals surface area contributed by atoms with Gasteiger partial charge in [0.25, 0.3) is 0 Å². The van der Waals surface area contributed by atoms with Crippen LogP contribution in [0.2, 0.25) is 0 Å². The lowest BCUT2D eigenvalue weighted by Crippen LogP contribution is -2.66. The maximum absolute atomic E-state index is 11.5. The van der Waals surface area contributed by atoms with Gasteiger partial charge >= 0.3 is 5.97 Å². The molecular formula is C9H15NO3. The maximum atomic E-state index is 11.5. The van der Waals surface area contributed by atoms with Crippen molar-refractivity contribution in [2.75, 3.05) is 20.3 Å². The molecule has 0 saturated carbocycles. The topological polar surface area (TPSA) is 47.6 Å². The Morgan fingerprint density at radius 3 is 3.31 bits per heavy atom. The summed E-state index contributed by atoms with van der Waals surface area (Å²) in [6.45, 7) is 1.18. The molecule has 2 atom stereocenters. The fourth-order valence-electron chi connectivity index (χ4n) is 2.21. The van der Waals surface area contributed by atoms with Gasteiger partial charge in [0.2, 0.25) is 0 Å². The highest BCUT2D eigenvalue weighted by atomic mass is 16.5. The van der Waals surface area contributed by atoms with Crippen molar-refractivity contribution in [3.63, 3.8) is 0 Å². The SMILES string of the molecule is COC(=O)C12CCCC(COC1)N2. The lowest BCUT2D eigenvalue weighted by Gasteiger charge is -2.43. The van der Waals surface area contributed by atoms with Crippen LogP contribution in [0, 0.1) is 0 Å². The molecule has 1 N–H and O–H groups in total. The van der Waals surface area contributed by atoms with E-state index < -0.39 is 5.54 Å². The molecule has 2 bridgehead atoms. The fourth-order valence-corrected chi connectivity index (χ4v) is 2.21. The van der Waals surface area contributed by atoms with Gasteiger partial charge in [-0.05, 0) is 19.3 Å². The molecule has 0 spiro atoms. The van der Waals surface area contributed by atoms with Gasteiger partial charge in [0, 0.05) is 6.04 Å². The Hall–Kier alpha value is -0.610. The van der Waals surface area contributed by atoms with Crippen LogP contribution in [-0.4, -0.2) is 37.9 Å². The molecule has 2 saturated heterocycles. The molecule has 4 nitrogen and oxygen atoms in total. The standard InChI is InChI=1S/C9H15NO3/c1-12-8(11)9-4-2-3-7(10-9)5-13-6-9/h7,10H,2-6H2,1H3. The molecule has 0 amide bonds. The second kappa shape index (κ2) is 3.27. The lowest BCUT2D eigenvalue weighted by atomic mass is 9.85. The minimum atomic E-state index is -0.546. The van der Waals surface area contributed by atoms with Crippen LogP contribution < -0.4 is 5.32 Å². The quantitative estimate of drug-likeness (QED) is 0.587. The average Bonchev–Trinajstić information content (AvgIpc) is 2.17. The van der Waals surface area contributed by atoms with Crippen molar-refractivity contribution in [2.45, 2.75) is 30.8 Å². The van der Waals surface area contributed by atoms with Crippen molar-refractivity contribution in [2.24, 2.45) is 0 Å². The van der Waals surface area contributed by atoms with Crippen molar-refractivity contribution in [1.82, 2.24) is 5.32 Å². The minimum Gasteiger partial charge on any atom is -0.468 e. The Labute approximate surface area is 77.6 Å². The van der Waals surface area contributed by atoms with Gasteiger partial charge in [-0.3, -0.25) is 5.32 Å². The van der Waals surface area contributed by atoms with Crippen LogP contribution in [0.1, 0.15) is 19.3 Å². The molecule has 2 aliphatic rings. The van der Waals surface area contributed by atoms with Gasteiger partial charge in [-0.15, -0.1) is 0 Å². The maximum Gasteiger partial charge on any atom is 0.328 e. The van der Waals surface area contributed by atoms with Crippen molar-refractivity contribution in [3.8, 4) is 0 Å². The van der Waals surface area contributed by atoms with Crippen molar-refractivity contribution < 1.29 is 14.3 Å². The predicted molar refractivity (Wildman–Crippen MR) is 46.3 cm³/mol. The molecule has 2 aliphatic heterocycles. The molecule has 2 rings (SSSR count). The second-order valence-electron chi connectivity index (χ2n) is 3.82. The van der Waals surface area contributed by atoms with E-state index in [1.54, 1.807) is 0 Å². The molecule has 13 heavy (non-hydrogen) atoms. The van der Waals surface area contributed by atoms with E-state index in [0.717, 1.165) is 25.9 Å². The zero-order valence-corrected chi connectivity index (χ0v) is 7.84. The Kier molecular flexibility index (Phi) is 2.26. The molecule has 4 heteroatoms. The number of hydrogen-bond donors (Lipinski definition) is 1. The summed E-state index contributed by atoms with van der Waals surface area (Å²) in [7, 11) is 1.43. The first kappa shape index (κ1) is 8.97. The van der Waals surface area contributed by atoms with Crippen molar-refractivity contribution in [3.05, 3.63) is 0 Å². The summed E-state index contributed by atoms with van der Waals surface area (Å²) in [6, 6.07) is 0.335. The summed E-state index contributed by atoms with van der Waals surface area (Å²) in [4.78, 5) is 11.5. The van der Waals surface area contributed by atoms with Gasteiger partial charge in [0.15, 0.2) is 0 Å². The molecule has 0 aromatic heterocycles. The zero-order chi connectivity index (χ0) is 9.31. The molecular weight excluding hydrogens is 170 g/mol. The van der Waals surface area contributed by atoms with Gasteiger partial charge in [0.1, 0.15) is 5.54 Å². The highest BCUT2D eigenvalue weighted by Crippen LogP contribution is 2.27. The third kappa shape index (κ3) is 1.44. The van der Waals surface area contributed by atoms with Gasteiger partial charge in [0.05, 0.1) is 20.3 Å². The zero-order valence-electron chi connectivity index (χ0n) is 7.84. The molecule has 2 fully saturated rings. The van der Waals surface area contributed by atoms with Gasteiger partial charge in [-0.25, -0.2) is 4.79 Å². The van der Waals surface area contributed by atoms with E-state index in [9.17, 15) is 4.79 Å². The number of hydrogen-bond acceptors (Lipinski definition) is 4. The highest BCUT2D eigenvalue weighted by Gasteiger charge is 2.46. The Morgan fingerprint density at radius 2 is 2.54 bits per heavy atom. The van der Waals surface area contributed by atoms with Gasteiger partial charge < -0.3 is 9.47 Å². The number of ether oxygens (including phenoxy) is 2. The second-order valence-corrected chi connectivity index (χ2v) is 3.82. The summed E-state index contributed by atoms with van der Waals surface area (Å²) in [6.07, 6.45) is 3.01. The fraction of sp³-hybridized carbons (Fsp3) is 0.889. The number of carbonyl (C=O) groups excluding carboxylic acids is 1. The summed E-state index contributed by atoms with van der Waals surface area (Å²) < 4.78 is 10.2. The van der Waals surface area contributed by atoms with E-state index in [4.69, 9.17) is 9.47 Å². The van der Waals surface area contributed by atoms with Crippen LogP contribution in [0.4, 0.5) is 0 Å². The molecule has 0 aromatic carbocycles. The molecule has 2 heterocycles. The molecule has 0 aliphatic carbocycles. The first-order valence-corrected chi connectivity index (χ1v) is 4.71. The van der Waals surface area contributed by atoms with E-state index in [0.29, 0.717) is 12.6 Å². The monoisotopic (exact) mass is 185 g/mol. The van der Waals surface area contributed by atoms with Crippen LogP contribution in [0.25, 0.3) is 0 Å². The number of rotatable bonds is 1. The Bertz CT molecular complexity index is 207. The lowest BCUT2D eigenvalue weighted by molar-refractivity contribution is -0.158. The third-order valence-corrected chi connectivity index (χ3v) is 2.88. The first-order valence-electron chi connectivity index (χ1n) is 4.71. The van der Waals surface area contributed by atoms with Crippen LogP contribution >= 0.6 is 0 Å². The smallest absolute Gasteiger partial charge is 0.328 e. The molecule has 74 valence electrons. The van der Waals surface area contributed by atoms with Crippen molar-refractivity contribution >= 4 is 5.97 Å². The van der Waals surface area contributed by atoms with Crippen LogP contribution in [0.15, 0.2) is 0 Å². The van der Waals surface area contributed by atoms with Gasteiger partial charge in [-0.1, -0.05) is 0 Å². The van der Waals surface area contributed by atoms with E-state index in [1.807, 2.05) is 0 Å². The average molecular weight is 185 g/mol. The number of methoxy groups -OCH3 is 1. The third-order valence-electron chi connectivity index (χ3n) is 2.88. The predicted octanol–water partition coefficient (Wildman–Crippen LogP) is 0.0705. The Balaban J connectivity index is 2.14. The number of fused-ring (bicyclic) bond motifs is 2. The normalized spacial score (nSPS) is 38.4. The summed E-state index contributed by atoms with van der Waals surface area (Å²) in [5, 5.41) is 3.32. The van der Waals surface area contributed by atoms with E-state index >= 15 is 0 Å². The molecule has 0 radical (unpaired) electrons. The highest BCUT2D eigenvalue weighted by molar-refractivity contribution is 5.81. The largest absolute Gasteiger partial charge is 0.468 e. The number of carbonyl (C=O) groups is 1. The van der Waals surface area contributed by atoms with Crippen LogP contribution in [0.3, 0.4) is 0 Å². The van der Waals surface area contributed by atoms with Crippen molar-refractivity contribution in [1.29, 1.82) is 0 Å². The number of piperidine rings is 1. The summed E-state index contributed by atoms with van der Waals surface area (Å²) in [5.74, 6) is -0.183. The molecule has 0 aromatic rings. The number of esters is 1. The number of nitrogens with one attached hydrogen (secondary N) is 1.